The van der Waals surface area contributed by atoms with Crippen molar-refractivity contribution in [2.24, 2.45) is 0 Å². The maximum Gasteiger partial charge on any atom is 0.290 e. The molecular weight excluding hydrogens is 324 g/mol. The summed E-state index contributed by atoms with van der Waals surface area (Å²) in [6.07, 6.45) is 3.55. The molecule has 0 aliphatic rings. The molecule has 0 spiro atoms. The Morgan fingerprint density at radius 1 is 0.962 bits per heavy atom. The molecule has 0 atom stereocenters. The highest BCUT2D eigenvalue weighted by Gasteiger charge is 2.11. The number of hydrogen-bond donors (Lipinski definition) is 1. The number of nitrogens with zero attached hydrogens (tertiary/aromatic N) is 3. The molecule has 5 nitrogen and oxygen atoms in total. The van der Waals surface area contributed by atoms with Gasteiger partial charge in [-0.3, -0.25) is 9.78 Å². The van der Waals surface area contributed by atoms with Crippen LogP contribution in [0.4, 0.5) is 11.4 Å². The van der Waals surface area contributed by atoms with Crippen LogP contribution in [-0.4, -0.2) is 14.8 Å². The molecule has 0 bridgehead atoms. The lowest BCUT2D eigenvalue weighted by molar-refractivity contribution is 0.621. The Morgan fingerprint density at radius 2 is 1.73 bits per heavy atom. The van der Waals surface area contributed by atoms with E-state index in [4.69, 9.17) is 0 Å². The molecule has 0 saturated heterocycles. The van der Waals surface area contributed by atoms with Crippen molar-refractivity contribution >= 4 is 22.1 Å². The fraction of sp³-hybridized carbons (Fsp3) is 0.0952. The summed E-state index contributed by atoms with van der Waals surface area (Å²) in [5.41, 5.74) is 2.85. The standard InChI is InChI=1S/C21H18N4O/c1-2-25-21(26)19(12-18(24-25)15-8-4-3-5-9-15)23-20-14-22-13-16-10-6-7-11-17(16)20/h3-14,23H,2H2,1H3. The van der Waals surface area contributed by atoms with Crippen molar-refractivity contribution in [1.29, 1.82) is 0 Å². The van der Waals surface area contributed by atoms with Gasteiger partial charge in [0.25, 0.3) is 5.56 Å². The van der Waals surface area contributed by atoms with E-state index in [1.807, 2.05) is 67.7 Å². The van der Waals surface area contributed by atoms with E-state index in [0.29, 0.717) is 12.2 Å². The van der Waals surface area contributed by atoms with E-state index < -0.39 is 0 Å². The highest BCUT2D eigenvalue weighted by molar-refractivity contribution is 5.94. The second kappa shape index (κ2) is 6.80. The fourth-order valence-electron chi connectivity index (χ4n) is 2.96. The van der Waals surface area contributed by atoms with Crippen LogP contribution in [0.15, 0.2) is 77.9 Å². The first kappa shape index (κ1) is 16.0. The van der Waals surface area contributed by atoms with Crippen LogP contribution in [0, 0.1) is 0 Å². The van der Waals surface area contributed by atoms with Crippen molar-refractivity contribution in [3.63, 3.8) is 0 Å². The van der Waals surface area contributed by atoms with Gasteiger partial charge in [0.15, 0.2) is 0 Å². The maximum absolute atomic E-state index is 12.7. The Labute approximate surface area is 151 Å². The summed E-state index contributed by atoms with van der Waals surface area (Å²) < 4.78 is 1.48. The van der Waals surface area contributed by atoms with Gasteiger partial charge in [-0.15, -0.1) is 0 Å². The quantitative estimate of drug-likeness (QED) is 0.603. The van der Waals surface area contributed by atoms with Gasteiger partial charge >= 0.3 is 0 Å². The zero-order valence-electron chi connectivity index (χ0n) is 14.4. The van der Waals surface area contributed by atoms with Gasteiger partial charge in [-0.2, -0.15) is 5.10 Å². The van der Waals surface area contributed by atoms with E-state index >= 15 is 0 Å². The van der Waals surface area contributed by atoms with Gasteiger partial charge in [0, 0.05) is 29.1 Å². The molecule has 0 aliphatic carbocycles. The second-order valence-electron chi connectivity index (χ2n) is 5.96. The van der Waals surface area contributed by atoms with Gasteiger partial charge in [-0.05, 0) is 13.0 Å². The number of rotatable bonds is 4. The van der Waals surface area contributed by atoms with Gasteiger partial charge in [0.1, 0.15) is 5.69 Å². The molecule has 1 N–H and O–H groups in total. The highest BCUT2D eigenvalue weighted by Crippen LogP contribution is 2.25. The Morgan fingerprint density at radius 3 is 2.54 bits per heavy atom. The third-order valence-electron chi connectivity index (χ3n) is 4.28. The first-order valence-corrected chi connectivity index (χ1v) is 8.53. The Kier molecular flexibility index (Phi) is 4.19. The van der Waals surface area contributed by atoms with Crippen LogP contribution in [0.1, 0.15) is 6.92 Å². The smallest absolute Gasteiger partial charge is 0.290 e. The molecule has 5 heteroatoms. The van der Waals surface area contributed by atoms with Gasteiger partial charge in [0.2, 0.25) is 0 Å². The van der Waals surface area contributed by atoms with Gasteiger partial charge in [-0.25, -0.2) is 4.68 Å². The van der Waals surface area contributed by atoms with Crippen LogP contribution in [0.25, 0.3) is 22.0 Å². The highest BCUT2D eigenvalue weighted by atomic mass is 16.1. The van der Waals surface area contributed by atoms with Crippen LogP contribution in [0.2, 0.25) is 0 Å². The molecule has 4 rings (SSSR count). The van der Waals surface area contributed by atoms with E-state index in [0.717, 1.165) is 27.7 Å². The van der Waals surface area contributed by atoms with Gasteiger partial charge in [-0.1, -0.05) is 54.6 Å². The molecule has 0 amide bonds. The minimum Gasteiger partial charge on any atom is -0.349 e. The SMILES string of the molecule is CCn1nc(-c2ccccc2)cc(Nc2cncc3ccccc23)c1=O. The second-order valence-corrected chi connectivity index (χ2v) is 5.96. The minimum absolute atomic E-state index is 0.153. The summed E-state index contributed by atoms with van der Waals surface area (Å²) in [5, 5.41) is 9.77. The first-order chi connectivity index (χ1) is 12.8. The van der Waals surface area contributed by atoms with Gasteiger partial charge < -0.3 is 5.32 Å². The van der Waals surface area contributed by atoms with Crippen LogP contribution in [0.5, 0.6) is 0 Å². The van der Waals surface area contributed by atoms with Crippen molar-refractivity contribution in [1.82, 2.24) is 14.8 Å². The summed E-state index contributed by atoms with van der Waals surface area (Å²) in [5.74, 6) is 0. The summed E-state index contributed by atoms with van der Waals surface area (Å²) in [6, 6.07) is 19.6. The summed E-state index contributed by atoms with van der Waals surface area (Å²) in [4.78, 5) is 17.0. The monoisotopic (exact) mass is 342 g/mol. The molecule has 2 aromatic heterocycles. The number of anilines is 2. The Balaban J connectivity index is 1.84. The van der Waals surface area contributed by atoms with E-state index in [9.17, 15) is 4.79 Å². The lowest BCUT2D eigenvalue weighted by atomic mass is 10.1. The third-order valence-corrected chi connectivity index (χ3v) is 4.28. The molecular formula is C21H18N4O. The number of nitrogens with one attached hydrogen (secondary N) is 1. The van der Waals surface area contributed by atoms with Crippen molar-refractivity contribution < 1.29 is 0 Å². The molecule has 26 heavy (non-hydrogen) atoms. The van der Waals surface area contributed by atoms with Crippen LogP contribution in [-0.2, 0) is 6.54 Å². The average Bonchev–Trinajstić information content (AvgIpc) is 2.70. The van der Waals surface area contributed by atoms with Crippen LogP contribution >= 0.6 is 0 Å². The summed E-state index contributed by atoms with van der Waals surface area (Å²) in [7, 11) is 0. The van der Waals surface area contributed by atoms with E-state index in [1.54, 1.807) is 12.3 Å². The molecule has 128 valence electrons. The Bertz CT molecular complexity index is 1110. The van der Waals surface area contributed by atoms with Crippen molar-refractivity contribution in [2.75, 3.05) is 5.32 Å². The first-order valence-electron chi connectivity index (χ1n) is 8.53. The molecule has 0 fully saturated rings. The molecule has 2 aromatic carbocycles. The molecule has 0 radical (unpaired) electrons. The lowest BCUT2D eigenvalue weighted by Gasteiger charge is -2.12. The minimum atomic E-state index is -0.153. The zero-order chi connectivity index (χ0) is 17.9. The summed E-state index contributed by atoms with van der Waals surface area (Å²) in [6.45, 7) is 2.41. The fourth-order valence-corrected chi connectivity index (χ4v) is 2.96. The normalized spacial score (nSPS) is 10.8. The average molecular weight is 342 g/mol. The molecule has 4 aromatic rings. The van der Waals surface area contributed by atoms with E-state index in [2.05, 4.69) is 15.4 Å². The Hall–Kier alpha value is -3.47. The number of aromatic nitrogens is 3. The van der Waals surface area contributed by atoms with Crippen LogP contribution < -0.4 is 10.9 Å². The number of hydrogen-bond acceptors (Lipinski definition) is 4. The van der Waals surface area contributed by atoms with Crippen molar-refractivity contribution in [3.8, 4) is 11.3 Å². The molecule has 2 heterocycles. The summed E-state index contributed by atoms with van der Waals surface area (Å²) >= 11 is 0. The van der Waals surface area contributed by atoms with E-state index in [-0.39, 0.29) is 5.56 Å². The zero-order valence-corrected chi connectivity index (χ0v) is 14.4. The number of benzene rings is 2. The van der Waals surface area contributed by atoms with Crippen molar-refractivity contribution in [3.05, 3.63) is 83.4 Å². The molecule has 0 saturated carbocycles. The number of aryl methyl sites for hydroxylation is 1. The van der Waals surface area contributed by atoms with Crippen molar-refractivity contribution in [2.45, 2.75) is 13.5 Å². The molecule has 0 unspecified atom stereocenters. The largest absolute Gasteiger partial charge is 0.349 e. The maximum atomic E-state index is 12.7. The molecule has 0 aliphatic heterocycles. The lowest BCUT2D eigenvalue weighted by Crippen LogP contribution is -2.24. The van der Waals surface area contributed by atoms with Crippen LogP contribution in [0.3, 0.4) is 0 Å². The third kappa shape index (κ3) is 2.95. The van der Waals surface area contributed by atoms with E-state index in [1.165, 1.54) is 4.68 Å². The predicted molar refractivity (Wildman–Crippen MR) is 105 cm³/mol. The number of pyridine rings is 1. The number of fused-ring (bicyclic) bond motifs is 1. The topological polar surface area (TPSA) is 59.8 Å². The predicted octanol–water partition coefficient (Wildman–Crippen LogP) is 4.22. The van der Waals surface area contributed by atoms with Gasteiger partial charge in [0.05, 0.1) is 17.6 Å².